The second-order valence-electron chi connectivity index (χ2n) is 9.09. The summed E-state index contributed by atoms with van der Waals surface area (Å²) in [5.41, 5.74) is 2.21. The van der Waals surface area contributed by atoms with Gasteiger partial charge in [-0.05, 0) is 43.4 Å². The van der Waals surface area contributed by atoms with Crippen molar-refractivity contribution in [3.63, 3.8) is 0 Å². The zero-order valence-corrected chi connectivity index (χ0v) is 19.8. The number of piperazine rings is 1. The molecule has 1 N–H and O–H groups in total. The molecule has 0 radical (unpaired) electrons. The van der Waals surface area contributed by atoms with Crippen LogP contribution in [0, 0.1) is 0 Å². The van der Waals surface area contributed by atoms with E-state index in [-0.39, 0.29) is 18.3 Å². The smallest absolute Gasteiger partial charge is 0.248 e. The average Bonchev–Trinajstić information content (AvgIpc) is 3.00. The number of amides is 1. The monoisotopic (exact) mass is 455 g/mol. The first-order valence-corrected chi connectivity index (χ1v) is 12.4. The van der Waals surface area contributed by atoms with Crippen LogP contribution in [-0.2, 0) is 22.4 Å². The largest absolute Gasteiger partial charge is 0.508 e. The summed E-state index contributed by atoms with van der Waals surface area (Å²) in [6, 6.07) is 0.800. The fraction of sp³-hybridized carbons (Fsp3) is 0.640. The molecule has 3 aliphatic rings. The predicted octanol–water partition coefficient (Wildman–Crippen LogP) is 2.50. The number of rotatable bonds is 8. The molecule has 1 aromatic rings. The van der Waals surface area contributed by atoms with Crippen LogP contribution in [0.25, 0.3) is 0 Å². The number of hydrogen-bond donors (Lipinski definition) is 1. The Morgan fingerprint density at radius 2 is 1.97 bits per heavy atom. The van der Waals surface area contributed by atoms with E-state index in [1.54, 1.807) is 18.2 Å². The van der Waals surface area contributed by atoms with Crippen LogP contribution in [0.4, 0.5) is 5.95 Å². The minimum absolute atomic E-state index is 0.00942. The summed E-state index contributed by atoms with van der Waals surface area (Å²) in [4.78, 5) is 28.9. The third-order valence-corrected chi connectivity index (χ3v) is 6.89. The summed E-state index contributed by atoms with van der Waals surface area (Å²) < 4.78 is 5.48. The quantitative estimate of drug-likeness (QED) is 0.366. The zero-order chi connectivity index (χ0) is 23.0. The van der Waals surface area contributed by atoms with Crippen molar-refractivity contribution in [1.82, 2.24) is 19.8 Å². The highest BCUT2D eigenvalue weighted by molar-refractivity contribution is 5.77. The van der Waals surface area contributed by atoms with Gasteiger partial charge in [0.2, 0.25) is 11.9 Å². The summed E-state index contributed by atoms with van der Waals surface area (Å²) in [5, 5.41) is 9.55. The first kappa shape index (κ1) is 23.7. The maximum atomic E-state index is 12.6. The molecule has 3 heterocycles. The standard InChI is InChI=1S/C25H37N5O3/c1-2-5-22(31)8-4-17-33-19-24(32)29-11-9-20-18-26-25(27-23(20)10-12-29)30-15-13-28(14-16-30)21-6-3-7-21/h4-5,8,18,21,31H,2-3,6-7,9-17,19H2,1H3/b8-4-,22-5+. The molecule has 8 heteroatoms. The van der Waals surface area contributed by atoms with Crippen molar-refractivity contribution in [3.05, 3.63) is 41.4 Å². The van der Waals surface area contributed by atoms with Crippen molar-refractivity contribution < 1.29 is 14.6 Å². The van der Waals surface area contributed by atoms with Crippen LogP contribution in [0.3, 0.4) is 0 Å². The lowest BCUT2D eigenvalue weighted by atomic mass is 9.91. The minimum Gasteiger partial charge on any atom is -0.508 e. The lowest BCUT2D eigenvalue weighted by molar-refractivity contribution is -0.135. The number of fused-ring (bicyclic) bond motifs is 1. The molecule has 180 valence electrons. The molecule has 0 bridgehead atoms. The molecule has 0 spiro atoms. The molecule has 0 atom stereocenters. The maximum Gasteiger partial charge on any atom is 0.248 e. The topological polar surface area (TPSA) is 82.0 Å². The predicted molar refractivity (Wildman–Crippen MR) is 128 cm³/mol. The van der Waals surface area contributed by atoms with Gasteiger partial charge in [0.25, 0.3) is 0 Å². The highest BCUT2D eigenvalue weighted by Crippen LogP contribution is 2.26. The first-order valence-electron chi connectivity index (χ1n) is 12.4. The van der Waals surface area contributed by atoms with E-state index < -0.39 is 0 Å². The fourth-order valence-electron chi connectivity index (χ4n) is 4.66. The number of carbonyl (C=O) groups excluding carboxylic acids is 1. The fourth-order valence-corrected chi connectivity index (χ4v) is 4.66. The van der Waals surface area contributed by atoms with Crippen LogP contribution in [0.1, 0.15) is 43.9 Å². The van der Waals surface area contributed by atoms with Crippen molar-refractivity contribution in [1.29, 1.82) is 0 Å². The van der Waals surface area contributed by atoms with Gasteiger partial charge in [0, 0.05) is 57.9 Å². The van der Waals surface area contributed by atoms with Gasteiger partial charge in [-0.15, -0.1) is 0 Å². The maximum absolute atomic E-state index is 12.6. The number of aromatic nitrogens is 2. The molecule has 33 heavy (non-hydrogen) atoms. The number of hydrogen-bond acceptors (Lipinski definition) is 7. The van der Waals surface area contributed by atoms with E-state index in [4.69, 9.17) is 9.72 Å². The van der Waals surface area contributed by atoms with Crippen LogP contribution < -0.4 is 4.90 Å². The van der Waals surface area contributed by atoms with Gasteiger partial charge < -0.3 is 19.6 Å². The Hall–Kier alpha value is -2.45. The van der Waals surface area contributed by atoms with Gasteiger partial charge in [0.05, 0.1) is 12.3 Å². The van der Waals surface area contributed by atoms with E-state index in [0.717, 1.165) is 68.7 Å². The normalized spacial score (nSPS) is 20.6. The van der Waals surface area contributed by atoms with Crippen molar-refractivity contribution in [3.8, 4) is 0 Å². The van der Waals surface area contributed by atoms with E-state index in [9.17, 15) is 9.90 Å². The molecule has 0 aromatic carbocycles. The zero-order valence-electron chi connectivity index (χ0n) is 19.8. The highest BCUT2D eigenvalue weighted by Gasteiger charge is 2.29. The molecule has 1 amide bonds. The van der Waals surface area contributed by atoms with Crippen molar-refractivity contribution in [2.45, 2.75) is 51.5 Å². The molecule has 0 unspecified atom stereocenters. The molecule has 1 aromatic heterocycles. The number of aliphatic hydroxyl groups is 1. The Kier molecular flexibility index (Phi) is 8.34. The third kappa shape index (κ3) is 6.32. The van der Waals surface area contributed by atoms with Gasteiger partial charge in [-0.25, -0.2) is 9.97 Å². The van der Waals surface area contributed by atoms with Crippen LogP contribution >= 0.6 is 0 Å². The minimum atomic E-state index is -0.00942. The number of nitrogens with zero attached hydrogens (tertiary/aromatic N) is 5. The molecular formula is C25H37N5O3. The number of ether oxygens (including phenoxy) is 1. The van der Waals surface area contributed by atoms with Crippen molar-refractivity contribution in [2.75, 3.05) is 57.4 Å². The number of aliphatic hydroxyl groups excluding tert-OH is 1. The average molecular weight is 456 g/mol. The molecule has 4 rings (SSSR count). The second-order valence-corrected chi connectivity index (χ2v) is 9.09. The van der Waals surface area contributed by atoms with Gasteiger partial charge in [-0.1, -0.05) is 19.4 Å². The molecule has 2 fully saturated rings. The summed E-state index contributed by atoms with van der Waals surface area (Å²) in [7, 11) is 0. The molecule has 1 aliphatic carbocycles. The Morgan fingerprint density at radius 1 is 1.18 bits per heavy atom. The molecule has 1 saturated heterocycles. The van der Waals surface area contributed by atoms with E-state index in [1.165, 1.54) is 19.3 Å². The SMILES string of the molecule is CC/C=C(O)\C=C/COCC(=O)N1CCc2cnc(N3CCN(C4CCC4)CC3)nc2CC1. The Labute approximate surface area is 196 Å². The lowest BCUT2D eigenvalue weighted by Crippen LogP contribution is -2.52. The van der Waals surface area contributed by atoms with Crippen LogP contribution in [-0.4, -0.2) is 89.3 Å². The van der Waals surface area contributed by atoms with Gasteiger partial charge in [0.15, 0.2) is 0 Å². The van der Waals surface area contributed by atoms with Crippen LogP contribution in [0.5, 0.6) is 0 Å². The molecule has 8 nitrogen and oxygen atoms in total. The summed E-state index contributed by atoms with van der Waals surface area (Å²) in [6.45, 7) is 7.77. The summed E-state index contributed by atoms with van der Waals surface area (Å²) in [6.07, 6.45) is 13.4. The van der Waals surface area contributed by atoms with Crippen LogP contribution in [0.15, 0.2) is 30.2 Å². The second kappa shape index (κ2) is 11.6. The number of allylic oxidation sites excluding steroid dienone is 2. The van der Waals surface area contributed by atoms with Gasteiger partial charge >= 0.3 is 0 Å². The van der Waals surface area contributed by atoms with E-state index >= 15 is 0 Å². The Morgan fingerprint density at radius 3 is 2.70 bits per heavy atom. The van der Waals surface area contributed by atoms with Gasteiger partial charge in [0.1, 0.15) is 12.4 Å². The number of anilines is 1. The summed E-state index contributed by atoms with van der Waals surface area (Å²) >= 11 is 0. The van der Waals surface area contributed by atoms with Gasteiger partial charge in [-0.3, -0.25) is 9.69 Å². The van der Waals surface area contributed by atoms with Crippen molar-refractivity contribution >= 4 is 11.9 Å². The summed E-state index contributed by atoms with van der Waals surface area (Å²) in [5.74, 6) is 1.04. The lowest BCUT2D eigenvalue weighted by Gasteiger charge is -2.43. The third-order valence-electron chi connectivity index (χ3n) is 6.89. The van der Waals surface area contributed by atoms with Crippen molar-refractivity contribution in [2.24, 2.45) is 0 Å². The molecular weight excluding hydrogens is 418 g/mol. The van der Waals surface area contributed by atoms with E-state index in [1.807, 2.05) is 18.0 Å². The molecule has 1 saturated carbocycles. The first-order chi connectivity index (χ1) is 16.1. The molecule has 2 aliphatic heterocycles. The van der Waals surface area contributed by atoms with E-state index in [0.29, 0.717) is 19.7 Å². The number of carbonyl (C=O) groups is 1. The van der Waals surface area contributed by atoms with Crippen LogP contribution in [0.2, 0.25) is 0 Å². The van der Waals surface area contributed by atoms with Gasteiger partial charge in [-0.2, -0.15) is 0 Å². The highest BCUT2D eigenvalue weighted by atomic mass is 16.5. The Balaban J connectivity index is 1.24. The Bertz CT molecular complexity index is 860. The van der Waals surface area contributed by atoms with E-state index in [2.05, 4.69) is 14.8 Å².